The minimum Gasteiger partial charge on any atom is -0.347 e. The summed E-state index contributed by atoms with van der Waals surface area (Å²) < 4.78 is 24.9. The Kier molecular flexibility index (Phi) is 3.33. The van der Waals surface area contributed by atoms with Crippen LogP contribution in [0, 0.1) is 5.82 Å². The highest BCUT2D eigenvalue weighted by Crippen LogP contribution is 2.31. The number of ether oxygens (including phenoxy) is 2. The lowest BCUT2D eigenvalue weighted by Gasteiger charge is -2.37. The maximum Gasteiger partial charge on any atom is 0.170 e. The number of likely N-dealkylation sites (tertiary alicyclic amines) is 1. The minimum absolute atomic E-state index is 0.119. The summed E-state index contributed by atoms with van der Waals surface area (Å²) in [5.41, 5.74) is 0.765. The predicted molar refractivity (Wildman–Crippen MR) is 65.5 cm³/mol. The first kappa shape index (κ1) is 12.1. The van der Waals surface area contributed by atoms with Gasteiger partial charge in [0.05, 0.1) is 13.2 Å². The van der Waals surface area contributed by atoms with E-state index >= 15 is 0 Å². The SMILES string of the molecule is Fc1ccccc1CN1CCC2(CC1)OCCO2. The summed E-state index contributed by atoms with van der Waals surface area (Å²) in [6, 6.07) is 6.98. The van der Waals surface area contributed by atoms with Crippen molar-refractivity contribution in [3.8, 4) is 0 Å². The van der Waals surface area contributed by atoms with E-state index in [4.69, 9.17) is 9.47 Å². The van der Waals surface area contributed by atoms with Crippen LogP contribution in [0.15, 0.2) is 24.3 Å². The summed E-state index contributed by atoms with van der Waals surface area (Å²) in [5.74, 6) is -0.461. The van der Waals surface area contributed by atoms with Gasteiger partial charge in [-0.25, -0.2) is 4.39 Å². The van der Waals surface area contributed by atoms with Crippen molar-refractivity contribution in [3.63, 3.8) is 0 Å². The van der Waals surface area contributed by atoms with Gasteiger partial charge in [-0.15, -0.1) is 0 Å². The maximum absolute atomic E-state index is 13.6. The normalized spacial score (nSPS) is 23.6. The molecule has 2 fully saturated rings. The fourth-order valence-electron chi connectivity index (χ4n) is 2.71. The van der Waals surface area contributed by atoms with Crippen LogP contribution in [0.25, 0.3) is 0 Å². The van der Waals surface area contributed by atoms with Crippen LogP contribution in [-0.2, 0) is 16.0 Å². The Morgan fingerprint density at radius 2 is 1.78 bits per heavy atom. The molecule has 2 aliphatic heterocycles. The van der Waals surface area contributed by atoms with Crippen molar-refractivity contribution >= 4 is 0 Å². The van der Waals surface area contributed by atoms with E-state index in [1.807, 2.05) is 12.1 Å². The van der Waals surface area contributed by atoms with Gasteiger partial charge in [-0.05, 0) is 6.07 Å². The number of benzene rings is 1. The third-order valence-electron chi connectivity index (χ3n) is 3.78. The molecule has 0 amide bonds. The van der Waals surface area contributed by atoms with Gasteiger partial charge in [0, 0.05) is 38.0 Å². The van der Waals surface area contributed by atoms with E-state index in [1.165, 1.54) is 6.07 Å². The largest absolute Gasteiger partial charge is 0.347 e. The second-order valence-corrected chi connectivity index (χ2v) is 4.98. The topological polar surface area (TPSA) is 21.7 Å². The number of hydrogen-bond acceptors (Lipinski definition) is 3. The highest BCUT2D eigenvalue weighted by atomic mass is 19.1. The summed E-state index contributed by atoms with van der Waals surface area (Å²) in [4.78, 5) is 2.26. The van der Waals surface area contributed by atoms with Gasteiger partial charge in [-0.2, -0.15) is 0 Å². The van der Waals surface area contributed by atoms with Crippen LogP contribution in [0.3, 0.4) is 0 Å². The first-order valence-corrected chi connectivity index (χ1v) is 6.51. The number of piperidine rings is 1. The molecule has 1 aromatic carbocycles. The van der Waals surface area contributed by atoms with E-state index in [0.29, 0.717) is 19.8 Å². The smallest absolute Gasteiger partial charge is 0.170 e. The zero-order valence-corrected chi connectivity index (χ0v) is 10.4. The average Bonchev–Trinajstić information content (AvgIpc) is 2.84. The highest BCUT2D eigenvalue weighted by Gasteiger charge is 2.39. The molecule has 18 heavy (non-hydrogen) atoms. The molecule has 0 atom stereocenters. The molecule has 2 saturated heterocycles. The number of halogens is 1. The quantitative estimate of drug-likeness (QED) is 0.804. The minimum atomic E-state index is -0.342. The van der Waals surface area contributed by atoms with Crippen molar-refractivity contribution in [3.05, 3.63) is 35.6 Å². The summed E-state index contributed by atoms with van der Waals surface area (Å²) in [5, 5.41) is 0. The van der Waals surface area contributed by atoms with Crippen LogP contribution in [0.5, 0.6) is 0 Å². The van der Waals surface area contributed by atoms with Gasteiger partial charge < -0.3 is 9.47 Å². The van der Waals surface area contributed by atoms with E-state index < -0.39 is 0 Å². The van der Waals surface area contributed by atoms with E-state index in [0.717, 1.165) is 31.5 Å². The van der Waals surface area contributed by atoms with Gasteiger partial charge >= 0.3 is 0 Å². The molecular weight excluding hydrogens is 233 g/mol. The Balaban J connectivity index is 1.59. The molecule has 0 unspecified atom stereocenters. The Morgan fingerprint density at radius 1 is 1.11 bits per heavy atom. The van der Waals surface area contributed by atoms with Crippen LogP contribution in [0.1, 0.15) is 18.4 Å². The summed E-state index contributed by atoms with van der Waals surface area (Å²) >= 11 is 0. The average molecular weight is 251 g/mol. The third-order valence-corrected chi connectivity index (χ3v) is 3.78. The molecule has 0 aliphatic carbocycles. The Morgan fingerprint density at radius 3 is 2.44 bits per heavy atom. The number of hydrogen-bond donors (Lipinski definition) is 0. The highest BCUT2D eigenvalue weighted by molar-refractivity contribution is 5.17. The summed E-state index contributed by atoms with van der Waals surface area (Å²) in [6.07, 6.45) is 1.75. The first-order valence-electron chi connectivity index (χ1n) is 6.51. The van der Waals surface area contributed by atoms with Crippen LogP contribution in [0.2, 0.25) is 0 Å². The third kappa shape index (κ3) is 2.41. The lowest BCUT2D eigenvalue weighted by Crippen LogP contribution is -2.44. The van der Waals surface area contributed by atoms with Gasteiger partial charge in [-0.1, -0.05) is 18.2 Å². The van der Waals surface area contributed by atoms with Crippen LogP contribution in [-0.4, -0.2) is 37.0 Å². The van der Waals surface area contributed by atoms with Gasteiger partial charge in [0.25, 0.3) is 0 Å². The zero-order valence-electron chi connectivity index (χ0n) is 10.4. The molecule has 0 N–H and O–H groups in total. The molecule has 0 saturated carbocycles. The molecule has 0 aromatic heterocycles. The number of nitrogens with zero attached hydrogens (tertiary/aromatic N) is 1. The Bertz CT molecular complexity index is 408. The van der Waals surface area contributed by atoms with E-state index in [-0.39, 0.29) is 11.6 Å². The zero-order chi connectivity index (χ0) is 12.4. The maximum atomic E-state index is 13.6. The molecule has 1 aromatic rings. The van der Waals surface area contributed by atoms with Crippen LogP contribution >= 0.6 is 0 Å². The standard InChI is InChI=1S/C14H18FNO2/c15-13-4-2-1-3-12(13)11-16-7-5-14(6-8-16)17-9-10-18-14/h1-4H,5-11H2. The molecule has 4 heteroatoms. The first-order chi connectivity index (χ1) is 8.77. The Labute approximate surface area is 106 Å². The van der Waals surface area contributed by atoms with Gasteiger partial charge in [0.15, 0.2) is 5.79 Å². The van der Waals surface area contributed by atoms with Crippen molar-refractivity contribution in [2.75, 3.05) is 26.3 Å². The second-order valence-electron chi connectivity index (χ2n) is 4.98. The van der Waals surface area contributed by atoms with E-state index in [2.05, 4.69) is 4.90 Å². The van der Waals surface area contributed by atoms with Crippen LogP contribution in [0.4, 0.5) is 4.39 Å². The monoisotopic (exact) mass is 251 g/mol. The molecule has 2 heterocycles. The molecule has 2 aliphatic rings. The molecule has 98 valence electrons. The molecule has 1 spiro atoms. The predicted octanol–water partition coefficient (Wildman–Crippen LogP) is 2.16. The van der Waals surface area contributed by atoms with Crippen molar-refractivity contribution in [2.45, 2.75) is 25.2 Å². The summed E-state index contributed by atoms with van der Waals surface area (Å²) in [6.45, 7) is 3.87. The van der Waals surface area contributed by atoms with Crippen molar-refractivity contribution in [2.24, 2.45) is 0 Å². The van der Waals surface area contributed by atoms with Crippen molar-refractivity contribution in [1.82, 2.24) is 4.90 Å². The van der Waals surface area contributed by atoms with Gasteiger partial charge in [-0.3, -0.25) is 4.90 Å². The fourth-order valence-corrected chi connectivity index (χ4v) is 2.71. The lowest BCUT2D eigenvalue weighted by molar-refractivity contribution is -0.185. The van der Waals surface area contributed by atoms with E-state index in [1.54, 1.807) is 6.07 Å². The lowest BCUT2D eigenvalue weighted by atomic mass is 10.0. The number of rotatable bonds is 2. The molecule has 0 radical (unpaired) electrons. The van der Waals surface area contributed by atoms with Crippen molar-refractivity contribution in [1.29, 1.82) is 0 Å². The fraction of sp³-hybridized carbons (Fsp3) is 0.571. The van der Waals surface area contributed by atoms with Gasteiger partial charge in [0.2, 0.25) is 0 Å². The molecule has 3 rings (SSSR count). The molecule has 3 nitrogen and oxygen atoms in total. The van der Waals surface area contributed by atoms with Gasteiger partial charge in [0.1, 0.15) is 5.82 Å². The molecule has 0 bridgehead atoms. The van der Waals surface area contributed by atoms with Crippen LogP contribution < -0.4 is 0 Å². The summed E-state index contributed by atoms with van der Waals surface area (Å²) in [7, 11) is 0. The Hall–Kier alpha value is -0.970. The second kappa shape index (κ2) is 4.96. The van der Waals surface area contributed by atoms with E-state index in [9.17, 15) is 4.39 Å². The van der Waals surface area contributed by atoms with Crippen molar-refractivity contribution < 1.29 is 13.9 Å². The molecular formula is C14H18FNO2.